The summed E-state index contributed by atoms with van der Waals surface area (Å²) >= 11 is 3.53. The van der Waals surface area contributed by atoms with E-state index in [1.807, 2.05) is 26.8 Å². The number of carbonyl (C=O) groups is 1. The van der Waals surface area contributed by atoms with Crippen molar-refractivity contribution in [3.63, 3.8) is 0 Å². The molecule has 0 radical (unpaired) electrons. The van der Waals surface area contributed by atoms with Gasteiger partial charge in [-0.25, -0.2) is 9.78 Å². The van der Waals surface area contributed by atoms with Gasteiger partial charge in [0.05, 0.1) is 29.5 Å². The molecule has 0 spiro atoms. The Hall–Kier alpha value is -3.39. The molecule has 1 fully saturated rings. The molecule has 6 rings (SSSR count). The van der Waals surface area contributed by atoms with Gasteiger partial charge in [0, 0.05) is 18.2 Å². The number of hydrogen-bond donors (Lipinski definition) is 0. The first-order chi connectivity index (χ1) is 20.3. The van der Waals surface area contributed by atoms with Crippen molar-refractivity contribution in [2.75, 3.05) is 13.1 Å². The van der Waals surface area contributed by atoms with Gasteiger partial charge in [-0.2, -0.15) is 0 Å². The zero-order chi connectivity index (χ0) is 29.1. The van der Waals surface area contributed by atoms with E-state index in [0.717, 1.165) is 27.6 Å². The van der Waals surface area contributed by atoms with Crippen molar-refractivity contribution in [1.29, 1.82) is 0 Å². The van der Waals surface area contributed by atoms with Crippen molar-refractivity contribution >= 4 is 50.2 Å². The highest BCUT2D eigenvalue weighted by Gasteiger charge is 2.35. The molecule has 1 amide bonds. The van der Waals surface area contributed by atoms with E-state index in [4.69, 9.17) is 14.5 Å². The number of carbonyl (C=O) groups excluding carboxylic acids is 1. The molecule has 42 heavy (non-hydrogen) atoms. The van der Waals surface area contributed by atoms with Crippen molar-refractivity contribution in [2.45, 2.75) is 61.5 Å². The summed E-state index contributed by atoms with van der Waals surface area (Å²) in [6.07, 6.45) is 0.407. The molecule has 5 aromatic rings. The van der Waals surface area contributed by atoms with Crippen LogP contribution >= 0.6 is 23.1 Å². The molecule has 0 aliphatic carbocycles. The van der Waals surface area contributed by atoms with Gasteiger partial charge in [0.15, 0.2) is 4.34 Å². The van der Waals surface area contributed by atoms with Crippen molar-refractivity contribution in [3.8, 4) is 0 Å². The minimum Gasteiger partial charge on any atom is -0.444 e. The molecule has 4 aromatic carbocycles. The third kappa shape index (κ3) is 6.97. The van der Waals surface area contributed by atoms with Gasteiger partial charge < -0.3 is 14.4 Å². The summed E-state index contributed by atoms with van der Waals surface area (Å²) < 4.78 is 14.6. The van der Waals surface area contributed by atoms with Gasteiger partial charge in [-0.05, 0) is 72.9 Å². The third-order valence-electron chi connectivity index (χ3n) is 7.53. The van der Waals surface area contributed by atoms with Gasteiger partial charge in [0.2, 0.25) is 0 Å². The lowest BCUT2D eigenvalue weighted by Gasteiger charge is -2.39. The molecule has 1 aliphatic rings. The van der Waals surface area contributed by atoms with Crippen molar-refractivity contribution in [1.82, 2.24) is 9.88 Å². The number of ether oxygens (including phenoxy) is 2. The summed E-state index contributed by atoms with van der Waals surface area (Å²) in [6, 6.07) is 32.0. The van der Waals surface area contributed by atoms with E-state index in [0.29, 0.717) is 19.7 Å². The Morgan fingerprint density at radius 2 is 1.69 bits per heavy atom. The Bertz CT molecular complexity index is 1640. The highest BCUT2D eigenvalue weighted by atomic mass is 32.2. The lowest BCUT2D eigenvalue weighted by Crippen LogP contribution is -2.48. The predicted molar refractivity (Wildman–Crippen MR) is 173 cm³/mol. The average molecular weight is 597 g/mol. The van der Waals surface area contributed by atoms with E-state index >= 15 is 0 Å². The van der Waals surface area contributed by atoms with Crippen LogP contribution in [-0.4, -0.2) is 40.8 Å². The Morgan fingerprint density at radius 1 is 0.952 bits per heavy atom. The fourth-order valence-corrected chi connectivity index (χ4v) is 7.43. The largest absolute Gasteiger partial charge is 0.444 e. The van der Waals surface area contributed by atoms with Crippen LogP contribution in [0.3, 0.4) is 0 Å². The van der Waals surface area contributed by atoms with Crippen LogP contribution in [0.25, 0.3) is 21.0 Å². The highest BCUT2D eigenvalue weighted by molar-refractivity contribution is 8.00. The standard InChI is InChI=1S/C35H36N2O3S2/c1-35(2,3)40-34(38)37-19-18-29(31(21-37)39-22-25-14-15-26-8-4-5-9-28(26)20-25)27-16-12-24(13-17-27)23-41-33-36-30-10-6-7-11-32(30)42-33/h4-17,20,29,31H,18-19,21-23H2,1-3H3. The molecule has 0 saturated carbocycles. The van der Waals surface area contributed by atoms with Gasteiger partial charge >= 0.3 is 6.09 Å². The number of thiazole rings is 1. The number of thioether (sulfide) groups is 1. The molecule has 2 heterocycles. The summed E-state index contributed by atoms with van der Waals surface area (Å²) in [7, 11) is 0. The number of rotatable bonds is 7. The topological polar surface area (TPSA) is 51.7 Å². The van der Waals surface area contributed by atoms with Crippen LogP contribution in [-0.2, 0) is 21.8 Å². The molecular weight excluding hydrogens is 561 g/mol. The first kappa shape index (κ1) is 28.7. The number of hydrogen-bond acceptors (Lipinski definition) is 6. The first-order valence-electron chi connectivity index (χ1n) is 14.5. The molecule has 0 N–H and O–H groups in total. The van der Waals surface area contributed by atoms with Crippen LogP contribution in [0.15, 0.2) is 95.3 Å². The zero-order valence-corrected chi connectivity index (χ0v) is 25.9. The summed E-state index contributed by atoms with van der Waals surface area (Å²) in [5.74, 6) is 1.06. The monoisotopic (exact) mass is 596 g/mol. The van der Waals surface area contributed by atoms with E-state index in [2.05, 4.69) is 84.9 Å². The molecule has 0 bridgehead atoms. The van der Waals surface area contributed by atoms with Crippen molar-refractivity contribution in [3.05, 3.63) is 108 Å². The normalized spacial score (nSPS) is 17.5. The Morgan fingerprint density at radius 3 is 2.48 bits per heavy atom. The van der Waals surface area contributed by atoms with Gasteiger partial charge in [-0.15, -0.1) is 11.3 Å². The number of amides is 1. The molecule has 1 saturated heterocycles. The Kier molecular flexibility index (Phi) is 8.52. The molecule has 1 aromatic heterocycles. The highest BCUT2D eigenvalue weighted by Crippen LogP contribution is 2.34. The molecule has 5 nitrogen and oxygen atoms in total. The number of likely N-dealkylation sites (tertiary alicyclic amines) is 1. The van der Waals surface area contributed by atoms with Gasteiger partial charge in [0.25, 0.3) is 0 Å². The molecule has 2 atom stereocenters. The fourth-order valence-electron chi connectivity index (χ4n) is 5.41. The first-order valence-corrected chi connectivity index (χ1v) is 16.3. The number of piperidine rings is 1. The number of nitrogens with zero attached hydrogens (tertiary/aromatic N) is 2. The maximum Gasteiger partial charge on any atom is 0.410 e. The smallest absolute Gasteiger partial charge is 0.410 e. The molecular formula is C35H36N2O3S2. The quantitative estimate of drug-likeness (QED) is 0.176. The van der Waals surface area contributed by atoms with Gasteiger partial charge in [-0.3, -0.25) is 0 Å². The van der Waals surface area contributed by atoms with E-state index in [1.54, 1.807) is 28.0 Å². The third-order valence-corrected chi connectivity index (χ3v) is 9.78. The second kappa shape index (κ2) is 12.5. The molecule has 2 unspecified atom stereocenters. The summed E-state index contributed by atoms with van der Waals surface area (Å²) in [5, 5.41) is 2.42. The Balaban J connectivity index is 1.15. The van der Waals surface area contributed by atoms with E-state index in [1.165, 1.54) is 26.6 Å². The van der Waals surface area contributed by atoms with Crippen LogP contribution in [0, 0.1) is 0 Å². The second-order valence-corrected chi connectivity index (χ2v) is 14.1. The zero-order valence-electron chi connectivity index (χ0n) is 24.3. The van der Waals surface area contributed by atoms with E-state index < -0.39 is 5.60 Å². The minimum absolute atomic E-state index is 0.138. The van der Waals surface area contributed by atoms with E-state index in [-0.39, 0.29) is 18.1 Å². The second-order valence-electron chi connectivity index (χ2n) is 11.8. The number of benzene rings is 4. The van der Waals surface area contributed by atoms with Crippen LogP contribution in [0.2, 0.25) is 0 Å². The van der Waals surface area contributed by atoms with Crippen LogP contribution in [0.4, 0.5) is 4.79 Å². The van der Waals surface area contributed by atoms with Gasteiger partial charge in [0.1, 0.15) is 5.60 Å². The number of fused-ring (bicyclic) bond motifs is 2. The maximum atomic E-state index is 13.0. The van der Waals surface area contributed by atoms with Crippen LogP contribution in [0.5, 0.6) is 0 Å². The van der Waals surface area contributed by atoms with Crippen LogP contribution in [0.1, 0.15) is 49.8 Å². The van der Waals surface area contributed by atoms with Gasteiger partial charge in [-0.1, -0.05) is 84.6 Å². The summed E-state index contributed by atoms with van der Waals surface area (Å²) in [6.45, 7) is 7.35. The van der Waals surface area contributed by atoms with Crippen molar-refractivity contribution < 1.29 is 14.3 Å². The average Bonchev–Trinajstić information content (AvgIpc) is 3.41. The van der Waals surface area contributed by atoms with E-state index in [9.17, 15) is 4.79 Å². The Labute approximate surface area is 255 Å². The summed E-state index contributed by atoms with van der Waals surface area (Å²) in [5.41, 5.74) is 4.17. The van der Waals surface area contributed by atoms with Crippen LogP contribution < -0.4 is 0 Å². The van der Waals surface area contributed by atoms with Crippen molar-refractivity contribution in [2.24, 2.45) is 0 Å². The number of para-hydroxylation sites is 1. The predicted octanol–water partition coefficient (Wildman–Crippen LogP) is 9.05. The minimum atomic E-state index is -0.533. The SMILES string of the molecule is CC(C)(C)OC(=O)N1CCC(c2ccc(CSc3nc4ccccc4s3)cc2)C(OCc2ccc3ccccc3c2)C1. The maximum absolute atomic E-state index is 13.0. The molecule has 7 heteroatoms. The molecule has 1 aliphatic heterocycles. The fraction of sp³-hybridized carbons (Fsp3) is 0.314. The number of aromatic nitrogens is 1. The lowest BCUT2D eigenvalue weighted by molar-refractivity contribution is -0.0359. The summed E-state index contributed by atoms with van der Waals surface area (Å²) in [4.78, 5) is 19.5. The lowest BCUT2D eigenvalue weighted by atomic mass is 9.86. The molecule has 216 valence electrons.